The van der Waals surface area contributed by atoms with Crippen LogP contribution in [0.1, 0.15) is 31.9 Å². The maximum Gasteiger partial charge on any atom is 0.0900 e. The van der Waals surface area contributed by atoms with Gasteiger partial charge in [0.25, 0.3) is 0 Å². The molecule has 2 rings (SSSR count). The summed E-state index contributed by atoms with van der Waals surface area (Å²) in [5.41, 5.74) is 1.19. The van der Waals surface area contributed by atoms with E-state index in [9.17, 15) is 5.11 Å². The first-order valence-corrected chi connectivity index (χ1v) is 8.52. The lowest BCUT2D eigenvalue weighted by atomic mass is 10.1. The van der Waals surface area contributed by atoms with E-state index in [0.717, 1.165) is 39.1 Å². The molecular formula is C18H30N2O2. The number of aliphatic hydroxyl groups is 1. The van der Waals surface area contributed by atoms with E-state index < -0.39 is 6.10 Å². The lowest BCUT2D eigenvalue weighted by Gasteiger charge is -2.35. The Hall–Kier alpha value is -0.940. The monoisotopic (exact) mass is 306 g/mol. The van der Waals surface area contributed by atoms with Crippen molar-refractivity contribution in [2.75, 3.05) is 45.9 Å². The number of aliphatic hydroxyl groups excluding tert-OH is 1. The maximum absolute atomic E-state index is 10.2. The number of hydrogen-bond donors (Lipinski definition) is 1. The SMILES string of the molecule is CCC(OCC(O)CN1CCN(CC)CC1)c1ccccc1. The van der Waals surface area contributed by atoms with Crippen LogP contribution in [-0.4, -0.2) is 66.9 Å². The highest BCUT2D eigenvalue weighted by Crippen LogP contribution is 2.20. The van der Waals surface area contributed by atoms with Gasteiger partial charge in [0, 0.05) is 32.7 Å². The highest BCUT2D eigenvalue weighted by molar-refractivity contribution is 5.17. The van der Waals surface area contributed by atoms with Crippen molar-refractivity contribution in [3.63, 3.8) is 0 Å². The van der Waals surface area contributed by atoms with Gasteiger partial charge < -0.3 is 14.7 Å². The average molecular weight is 306 g/mol. The maximum atomic E-state index is 10.2. The van der Waals surface area contributed by atoms with Gasteiger partial charge in [-0.1, -0.05) is 44.2 Å². The number of likely N-dealkylation sites (N-methyl/N-ethyl adjacent to an activating group) is 1. The third kappa shape index (κ3) is 5.36. The van der Waals surface area contributed by atoms with Crippen LogP contribution in [0.4, 0.5) is 0 Å². The predicted molar refractivity (Wildman–Crippen MR) is 90.0 cm³/mol. The Morgan fingerprint density at radius 2 is 1.68 bits per heavy atom. The van der Waals surface area contributed by atoms with Gasteiger partial charge in [0.15, 0.2) is 0 Å². The second-order valence-electron chi connectivity index (χ2n) is 6.03. The quantitative estimate of drug-likeness (QED) is 0.798. The number of β-amino-alcohol motifs (C(OH)–C–C–N with tert-alkyl or cyclic N) is 1. The van der Waals surface area contributed by atoms with E-state index in [4.69, 9.17) is 4.74 Å². The van der Waals surface area contributed by atoms with Gasteiger partial charge in [0.2, 0.25) is 0 Å². The van der Waals surface area contributed by atoms with Crippen LogP contribution in [-0.2, 0) is 4.74 Å². The molecule has 0 aromatic heterocycles. The second-order valence-corrected chi connectivity index (χ2v) is 6.03. The molecular weight excluding hydrogens is 276 g/mol. The van der Waals surface area contributed by atoms with Crippen LogP contribution in [0, 0.1) is 0 Å². The molecule has 1 heterocycles. The van der Waals surface area contributed by atoms with E-state index in [-0.39, 0.29) is 6.10 Å². The van der Waals surface area contributed by atoms with Crippen molar-refractivity contribution >= 4 is 0 Å². The predicted octanol–water partition coefficient (Wildman–Crippen LogP) is 2.15. The van der Waals surface area contributed by atoms with Crippen LogP contribution < -0.4 is 0 Å². The fraction of sp³-hybridized carbons (Fsp3) is 0.667. The number of rotatable bonds is 8. The molecule has 1 N–H and O–H groups in total. The molecule has 0 spiro atoms. The first-order chi connectivity index (χ1) is 10.7. The highest BCUT2D eigenvalue weighted by Gasteiger charge is 2.19. The number of ether oxygens (including phenoxy) is 1. The molecule has 1 aliphatic rings. The van der Waals surface area contributed by atoms with Crippen molar-refractivity contribution < 1.29 is 9.84 Å². The molecule has 2 unspecified atom stereocenters. The summed E-state index contributed by atoms with van der Waals surface area (Å²) < 4.78 is 5.94. The Balaban J connectivity index is 1.72. The molecule has 4 nitrogen and oxygen atoms in total. The van der Waals surface area contributed by atoms with E-state index in [1.54, 1.807) is 0 Å². The molecule has 22 heavy (non-hydrogen) atoms. The topological polar surface area (TPSA) is 35.9 Å². The van der Waals surface area contributed by atoms with E-state index in [2.05, 4.69) is 35.8 Å². The van der Waals surface area contributed by atoms with Crippen LogP contribution in [0.5, 0.6) is 0 Å². The summed E-state index contributed by atoms with van der Waals surface area (Å²) in [6.07, 6.45) is 0.588. The normalized spacial score (nSPS) is 20.0. The molecule has 0 radical (unpaired) electrons. The minimum atomic E-state index is -0.411. The lowest BCUT2D eigenvalue weighted by molar-refractivity contribution is -0.0279. The number of benzene rings is 1. The van der Waals surface area contributed by atoms with Gasteiger partial charge in [-0.3, -0.25) is 4.90 Å². The zero-order valence-corrected chi connectivity index (χ0v) is 13.9. The third-order valence-electron chi connectivity index (χ3n) is 4.41. The summed E-state index contributed by atoms with van der Waals surface area (Å²) in [5.74, 6) is 0. The van der Waals surface area contributed by atoms with E-state index >= 15 is 0 Å². The molecule has 0 amide bonds. The smallest absolute Gasteiger partial charge is 0.0900 e. The summed E-state index contributed by atoms with van der Waals surface area (Å²) in [5, 5.41) is 10.2. The van der Waals surface area contributed by atoms with Gasteiger partial charge in [-0.25, -0.2) is 0 Å². The fourth-order valence-electron chi connectivity index (χ4n) is 2.98. The van der Waals surface area contributed by atoms with E-state index in [0.29, 0.717) is 13.2 Å². The van der Waals surface area contributed by atoms with Gasteiger partial charge in [0.05, 0.1) is 18.8 Å². The molecule has 1 saturated heterocycles. The van der Waals surface area contributed by atoms with Crippen LogP contribution >= 0.6 is 0 Å². The first-order valence-electron chi connectivity index (χ1n) is 8.52. The molecule has 1 fully saturated rings. The lowest BCUT2D eigenvalue weighted by Crippen LogP contribution is -2.48. The third-order valence-corrected chi connectivity index (χ3v) is 4.41. The van der Waals surface area contributed by atoms with Gasteiger partial charge in [-0.15, -0.1) is 0 Å². The van der Waals surface area contributed by atoms with Gasteiger partial charge in [0.1, 0.15) is 0 Å². The number of piperazine rings is 1. The Labute approximate surface area is 134 Å². The van der Waals surface area contributed by atoms with Crippen molar-refractivity contribution in [1.82, 2.24) is 9.80 Å². The molecule has 1 aliphatic heterocycles. The van der Waals surface area contributed by atoms with Crippen LogP contribution in [0.3, 0.4) is 0 Å². The Kier molecular flexibility index (Phi) is 7.33. The molecule has 0 saturated carbocycles. The molecule has 0 bridgehead atoms. The van der Waals surface area contributed by atoms with Gasteiger partial charge >= 0.3 is 0 Å². The van der Waals surface area contributed by atoms with Crippen molar-refractivity contribution in [2.24, 2.45) is 0 Å². The van der Waals surface area contributed by atoms with Crippen molar-refractivity contribution in [2.45, 2.75) is 32.5 Å². The van der Waals surface area contributed by atoms with Crippen LogP contribution in [0.15, 0.2) is 30.3 Å². The van der Waals surface area contributed by atoms with Crippen LogP contribution in [0.2, 0.25) is 0 Å². The standard InChI is InChI=1S/C18H30N2O2/c1-3-18(16-8-6-5-7-9-16)22-15-17(21)14-20-12-10-19(4-2)11-13-20/h5-9,17-18,21H,3-4,10-15H2,1-2H3. The summed E-state index contributed by atoms with van der Waals surface area (Å²) in [6, 6.07) is 10.3. The minimum absolute atomic E-state index is 0.0767. The van der Waals surface area contributed by atoms with Crippen molar-refractivity contribution in [3.8, 4) is 0 Å². The number of hydrogen-bond acceptors (Lipinski definition) is 4. The molecule has 1 aromatic carbocycles. The zero-order chi connectivity index (χ0) is 15.8. The summed E-state index contributed by atoms with van der Waals surface area (Å²) in [6.45, 7) is 10.8. The average Bonchev–Trinajstić information content (AvgIpc) is 2.57. The summed E-state index contributed by atoms with van der Waals surface area (Å²) >= 11 is 0. The Morgan fingerprint density at radius 1 is 1.05 bits per heavy atom. The Bertz CT molecular complexity index is 405. The molecule has 4 heteroatoms. The largest absolute Gasteiger partial charge is 0.389 e. The van der Waals surface area contributed by atoms with E-state index in [1.165, 1.54) is 5.56 Å². The molecule has 1 aromatic rings. The Morgan fingerprint density at radius 3 is 2.27 bits per heavy atom. The van der Waals surface area contributed by atoms with E-state index in [1.807, 2.05) is 18.2 Å². The minimum Gasteiger partial charge on any atom is -0.389 e. The number of nitrogens with zero attached hydrogens (tertiary/aromatic N) is 2. The first kappa shape index (κ1) is 17.4. The second kappa shape index (κ2) is 9.26. The molecule has 2 atom stereocenters. The van der Waals surface area contributed by atoms with Crippen molar-refractivity contribution in [1.29, 1.82) is 0 Å². The van der Waals surface area contributed by atoms with Crippen molar-refractivity contribution in [3.05, 3.63) is 35.9 Å². The molecule has 124 valence electrons. The summed E-state index contributed by atoms with van der Waals surface area (Å²) in [7, 11) is 0. The van der Waals surface area contributed by atoms with Gasteiger partial charge in [-0.2, -0.15) is 0 Å². The van der Waals surface area contributed by atoms with Gasteiger partial charge in [-0.05, 0) is 18.5 Å². The van der Waals surface area contributed by atoms with Crippen LogP contribution in [0.25, 0.3) is 0 Å². The molecule has 0 aliphatic carbocycles. The highest BCUT2D eigenvalue weighted by atomic mass is 16.5. The fourth-order valence-corrected chi connectivity index (χ4v) is 2.98. The zero-order valence-electron chi connectivity index (χ0n) is 13.9. The summed E-state index contributed by atoms with van der Waals surface area (Å²) in [4.78, 5) is 4.78.